The Balaban J connectivity index is 1.41. The number of halogens is 3. The largest absolute Gasteiger partial charge is 0.496 e. The quantitative estimate of drug-likeness (QED) is 0.576. The molecule has 0 saturated carbocycles. The molecule has 2 aromatic carbocycles. The molecule has 2 N–H and O–H groups in total. The van der Waals surface area contributed by atoms with Gasteiger partial charge in [-0.3, -0.25) is 4.79 Å². The highest BCUT2D eigenvalue weighted by molar-refractivity contribution is 5.98. The molecule has 3 heterocycles. The number of amides is 1. The van der Waals surface area contributed by atoms with Gasteiger partial charge >= 0.3 is 6.18 Å². The van der Waals surface area contributed by atoms with Gasteiger partial charge in [0.1, 0.15) is 17.1 Å². The maximum absolute atomic E-state index is 13.9. The van der Waals surface area contributed by atoms with Crippen molar-refractivity contribution in [2.75, 3.05) is 19.2 Å². The van der Waals surface area contributed by atoms with Crippen LogP contribution in [0.1, 0.15) is 40.0 Å². The van der Waals surface area contributed by atoms with Gasteiger partial charge in [-0.25, -0.2) is 4.68 Å². The molecule has 0 spiro atoms. The van der Waals surface area contributed by atoms with E-state index in [9.17, 15) is 18.0 Å². The van der Waals surface area contributed by atoms with Crippen LogP contribution in [0.25, 0.3) is 0 Å². The predicted molar refractivity (Wildman–Crippen MR) is 115 cm³/mol. The molecule has 34 heavy (non-hydrogen) atoms. The second-order valence-electron chi connectivity index (χ2n) is 7.95. The van der Waals surface area contributed by atoms with Crippen LogP contribution in [0.5, 0.6) is 17.2 Å². The van der Waals surface area contributed by atoms with Crippen molar-refractivity contribution in [3.8, 4) is 17.2 Å². The summed E-state index contributed by atoms with van der Waals surface area (Å²) in [5.74, 6) is 1.11. The number of fused-ring (bicyclic) bond motifs is 2. The molecule has 2 atom stereocenters. The first-order chi connectivity index (χ1) is 16.3. The maximum atomic E-state index is 13.9. The number of benzene rings is 2. The fourth-order valence-electron chi connectivity index (χ4n) is 4.22. The number of alkyl halides is 3. The van der Waals surface area contributed by atoms with Gasteiger partial charge in [0.25, 0.3) is 5.91 Å². The van der Waals surface area contributed by atoms with Gasteiger partial charge < -0.3 is 24.8 Å². The van der Waals surface area contributed by atoms with E-state index in [-0.39, 0.29) is 31.1 Å². The van der Waals surface area contributed by atoms with Crippen molar-refractivity contribution in [2.45, 2.75) is 31.2 Å². The second-order valence-corrected chi connectivity index (χ2v) is 7.95. The molecule has 2 aliphatic heterocycles. The Labute approximate surface area is 192 Å². The van der Waals surface area contributed by atoms with Crippen LogP contribution in [0.3, 0.4) is 0 Å². The number of hydrogen-bond acceptors (Lipinski definition) is 6. The Morgan fingerprint density at radius 3 is 2.82 bits per heavy atom. The van der Waals surface area contributed by atoms with Crippen molar-refractivity contribution in [1.29, 1.82) is 0 Å². The van der Waals surface area contributed by atoms with E-state index in [1.54, 1.807) is 42.5 Å². The van der Waals surface area contributed by atoms with E-state index in [2.05, 4.69) is 15.7 Å². The molecular weight excluding hydrogens is 453 g/mol. The van der Waals surface area contributed by atoms with Gasteiger partial charge in [-0.1, -0.05) is 24.3 Å². The van der Waals surface area contributed by atoms with Crippen LogP contribution in [-0.2, 0) is 6.54 Å². The molecule has 3 aromatic rings. The molecule has 1 aromatic heterocycles. The Morgan fingerprint density at radius 2 is 2.03 bits per heavy atom. The first-order valence-electron chi connectivity index (χ1n) is 10.6. The molecule has 0 radical (unpaired) electrons. The number of nitrogens with one attached hydrogen (secondary N) is 2. The van der Waals surface area contributed by atoms with Gasteiger partial charge in [0.05, 0.1) is 19.3 Å². The number of para-hydroxylation sites is 1. The van der Waals surface area contributed by atoms with Crippen molar-refractivity contribution < 1.29 is 32.2 Å². The zero-order chi connectivity index (χ0) is 23.9. The summed E-state index contributed by atoms with van der Waals surface area (Å²) < 4.78 is 58.6. The molecule has 5 rings (SSSR count). The SMILES string of the molecule is COc1ccccc1[C@@H]1C[C@@H](C(F)(F)F)n2ncc(C(=O)NCc3ccc4c(c3)OCO4)c2N1. The molecule has 8 nitrogen and oxygen atoms in total. The van der Waals surface area contributed by atoms with Gasteiger partial charge in [0, 0.05) is 18.5 Å². The molecule has 0 aliphatic carbocycles. The number of methoxy groups -OCH3 is 1. The number of nitrogens with zero attached hydrogens (tertiary/aromatic N) is 2. The van der Waals surface area contributed by atoms with Crippen molar-refractivity contribution >= 4 is 11.7 Å². The van der Waals surface area contributed by atoms with E-state index < -0.39 is 24.2 Å². The third-order valence-electron chi connectivity index (χ3n) is 5.89. The van der Waals surface area contributed by atoms with Crippen molar-refractivity contribution in [3.63, 3.8) is 0 Å². The number of carbonyl (C=O) groups is 1. The monoisotopic (exact) mass is 474 g/mol. The summed E-state index contributed by atoms with van der Waals surface area (Å²) in [7, 11) is 1.46. The fraction of sp³-hybridized carbons (Fsp3) is 0.304. The minimum atomic E-state index is -4.55. The van der Waals surface area contributed by atoms with Gasteiger partial charge in [-0.05, 0) is 23.8 Å². The molecule has 0 bridgehead atoms. The first-order valence-corrected chi connectivity index (χ1v) is 10.6. The topological polar surface area (TPSA) is 86.6 Å². The van der Waals surface area contributed by atoms with Crippen LogP contribution < -0.4 is 24.8 Å². The molecule has 0 unspecified atom stereocenters. The Kier molecular flexibility index (Phi) is 5.46. The molecule has 2 aliphatic rings. The van der Waals surface area contributed by atoms with Crippen LogP contribution >= 0.6 is 0 Å². The normalized spacial score (nSPS) is 18.7. The van der Waals surface area contributed by atoms with Crippen molar-refractivity contribution in [2.24, 2.45) is 0 Å². The standard InChI is InChI=1S/C23H21F3N4O4/c1-32-17-5-3-2-4-14(17)16-9-20(23(24,25)26)30-21(29-16)15(11-28-30)22(31)27-10-13-6-7-18-19(8-13)34-12-33-18/h2-8,11,16,20,29H,9-10,12H2,1H3,(H,27,31)/t16-,20-/m0/s1. The third kappa shape index (κ3) is 3.97. The van der Waals surface area contributed by atoms with Crippen LogP contribution in [0.15, 0.2) is 48.7 Å². The summed E-state index contributed by atoms with van der Waals surface area (Å²) in [6.45, 7) is 0.284. The number of rotatable bonds is 5. The minimum Gasteiger partial charge on any atom is -0.496 e. The highest BCUT2D eigenvalue weighted by atomic mass is 19.4. The van der Waals surface area contributed by atoms with E-state index in [0.29, 0.717) is 22.8 Å². The van der Waals surface area contributed by atoms with E-state index in [1.165, 1.54) is 7.11 Å². The lowest BCUT2D eigenvalue weighted by atomic mass is 9.95. The molecule has 0 saturated heterocycles. The number of carbonyl (C=O) groups excluding carboxylic acids is 1. The summed E-state index contributed by atoms with van der Waals surface area (Å²) >= 11 is 0. The summed E-state index contributed by atoms with van der Waals surface area (Å²) in [6.07, 6.45) is -3.69. The average Bonchev–Trinajstić information content (AvgIpc) is 3.47. The second kappa shape index (κ2) is 8.47. The van der Waals surface area contributed by atoms with Gasteiger partial charge in [0.15, 0.2) is 17.5 Å². The smallest absolute Gasteiger partial charge is 0.410 e. The maximum Gasteiger partial charge on any atom is 0.410 e. The first kappa shape index (κ1) is 21.9. The summed E-state index contributed by atoms with van der Waals surface area (Å²) in [5, 5.41) is 9.72. The molecule has 1 amide bonds. The molecule has 178 valence electrons. The lowest BCUT2D eigenvalue weighted by Crippen LogP contribution is -2.36. The third-order valence-corrected chi connectivity index (χ3v) is 5.89. The highest BCUT2D eigenvalue weighted by Crippen LogP contribution is 2.45. The Hall–Kier alpha value is -3.89. The van der Waals surface area contributed by atoms with E-state index in [4.69, 9.17) is 14.2 Å². The lowest BCUT2D eigenvalue weighted by Gasteiger charge is -2.34. The molecule has 0 fully saturated rings. The van der Waals surface area contributed by atoms with Crippen molar-refractivity contribution in [3.05, 3.63) is 65.4 Å². The fourth-order valence-corrected chi connectivity index (χ4v) is 4.22. The highest BCUT2D eigenvalue weighted by Gasteiger charge is 2.47. The summed E-state index contributed by atoms with van der Waals surface area (Å²) in [6, 6.07) is 9.49. The molecule has 11 heteroatoms. The average molecular weight is 474 g/mol. The van der Waals surface area contributed by atoms with Crippen LogP contribution in [0, 0.1) is 0 Å². The van der Waals surface area contributed by atoms with Crippen LogP contribution in [0.2, 0.25) is 0 Å². The van der Waals surface area contributed by atoms with E-state index in [1.807, 2.05) is 0 Å². The van der Waals surface area contributed by atoms with Crippen LogP contribution in [-0.4, -0.2) is 35.8 Å². The minimum absolute atomic E-state index is 0.00710. The summed E-state index contributed by atoms with van der Waals surface area (Å²) in [5.41, 5.74) is 1.35. The lowest BCUT2D eigenvalue weighted by molar-refractivity contribution is -0.173. The summed E-state index contributed by atoms with van der Waals surface area (Å²) in [4.78, 5) is 12.9. The van der Waals surface area contributed by atoms with E-state index >= 15 is 0 Å². The predicted octanol–water partition coefficient (Wildman–Crippen LogP) is 4.21. The van der Waals surface area contributed by atoms with Crippen molar-refractivity contribution in [1.82, 2.24) is 15.1 Å². The van der Waals surface area contributed by atoms with Gasteiger partial charge in [0.2, 0.25) is 6.79 Å². The van der Waals surface area contributed by atoms with Crippen LogP contribution in [0.4, 0.5) is 19.0 Å². The number of anilines is 1. The number of hydrogen-bond donors (Lipinski definition) is 2. The zero-order valence-electron chi connectivity index (χ0n) is 18.1. The van der Waals surface area contributed by atoms with Gasteiger partial charge in [-0.15, -0.1) is 0 Å². The molecular formula is C23H21F3N4O4. The zero-order valence-corrected chi connectivity index (χ0v) is 18.1. The Bertz CT molecular complexity index is 1230. The van der Waals surface area contributed by atoms with Gasteiger partial charge in [-0.2, -0.15) is 18.3 Å². The number of ether oxygens (including phenoxy) is 3. The number of aromatic nitrogens is 2. The Morgan fingerprint density at radius 1 is 1.24 bits per heavy atom. The van der Waals surface area contributed by atoms with E-state index in [0.717, 1.165) is 16.4 Å².